The Hall–Kier alpha value is -0.530. The smallest absolute Gasteiger partial charge is 0.225 e. The number of hydrogen-bond donors (Lipinski definition) is 0. The lowest BCUT2D eigenvalue weighted by Crippen LogP contribution is -2.48. The zero-order valence-corrected chi connectivity index (χ0v) is 10.1. The first-order valence-electron chi connectivity index (χ1n) is 5.64. The Labute approximate surface area is 87.7 Å². The Morgan fingerprint density at radius 1 is 1.21 bits per heavy atom. The number of nitrogens with zero attached hydrogens (tertiary/aromatic N) is 1. The first kappa shape index (κ1) is 11.5. The largest absolute Gasteiger partial charge is 0.337 e. The molecule has 2 atom stereocenters. The molecule has 2 unspecified atom stereocenters. The average molecular weight is 197 g/mol. The molecule has 1 amide bonds. The number of carbonyl (C=O) groups is 1. The molecule has 0 bridgehead atoms. The van der Waals surface area contributed by atoms with Crippen molar-refractivity contribution in [2.45, 2.75) is 53.0 Å². The molecular weight excluding hydrogens is 174 g/mol. The first-order chi connectivity index (χ1) is 6.32. The van der Waals surface area contributed by atoms with Crippen molar-refractivity contribution in [1.29, 1.82) is 0 Å². The second kappa shape index (κ2) is 3.92. The monoisotopic (exact) mass is 197 g/mol. The summed E-state index contributed by atoms with van der Waals surface area (Å²) in [6, 6.07) is 0. The number of amides is 1. The molecule has 1 aliphatic heterocycles. The van der Waals surface area contributed by atoms with E-state index in [2.05, 4.69) is 39.5 Å². The van der Waals surface area contributed by atoms with Gasteiger partial charge in [0.25, 0.3) is 0 Å². The minimum atomic E-state index is -0.0239. The zero-order valence-electron chi connectivity index (χ0n) is 10.1. The first-order valence-corrected chi connectivity index (χ1v) is 5.64. The summed E-state index contributed by atoms with van der Waals surface area (Å²) in [6.07, 6.45) is 2.23. The summed E-state index contributed by atoms with van der Waals surface area (Å²) in [5.74, 6) is 1.18. The van der Waals surface area contributed by atoms with E-state index in [1.54, 1.807) is 0 Å². The van der Waals surface area contributed by atoms with Crippen LogP contribution in [-0.2, 0) is 4.79 Å². The van der Waals surface area contributed by atoms with Gasteiger partial charge in [-0.25, -0.2) is 0 Å². The summed E-state index contributed by atoms with van der Waals surface area (Å²) < 4.78 is 0. The Balaban J connectivity index is 2.84. The Morgan fingerprint density at radius 2 is 1.79 bits per heavy atom. The van der Waals surface area contributed by atoms with E-state index >= 15 is 0 Å². The maximum absolute atomic E-state index is 12.1. The molecule has 1 rings (SSSR count). The van der Waals surface area contributed by atoms with Crippen LogP contribution in [0.25, 0.3) is 0 Å². The molecule has 0 N–H and O–H groups in total. The second-order valence-electron chi connectivity index (χ2n) is 5.70. The summed E-state index contributed by atoms with van der Waals surface area (Å²) in [6.45, 7) is 11.6. The van der Waals surface area contributed by atoms with E-state index in [4.69, 9.17) is 0 Å². The van der Waals surface area contributed by atoms with Crippen LogP contribution < -0.4 is 0 Å². The molecule has 14 heavy (non-hydrogen) atoms. The Morgan fingerprint density at radius 3 is 2.29 bits per heavy atom. The van der Waals surface area contributed by atoms with Crippen molar-refractivity contribution >= 4 is 5.91 Å². The quantitative estimate of drug-likeness (QED) is 0.584. The molecule has 0 spiro atoms. The van der Waals surface area contributed by atoms with Crippen molar-refractivity contribution in [2.75, 3.05) is 6.54 Å². The van der Waals surface area contributed by atoms with Crippen LogP contribution in [0, 0.1) is 11.8 Å². The summed E-state index contributed by atoms with van der Waals surface area (Å²) in [5, 5.41) is 0. The molecular formula is C12H23NO. The van der Waals surface area contributed by atoms with Crippen molar-refractivity contribution in [3.63, 3.8) is 0 Å². The van der Waals surface area contributed by atoms with E-state index < -0.39 is 0 Å². The lowest BCUT2D eigenvalue weighted by Gasteiger charge is -2.37. The summed E-state index contributed by atoms with van der Waals surface area (Å²) >= 11 is 0. The van der Waals surface area contributed by atoms with E-state index in [-0.39, 0.29) is 11.5 Å². The molecule has 2 heteroatoms. The molecule has 0 aromatic rings. The van der Waals surface area contributed by atoms with E-state index in [0.717, 1.165) is 13.0 Å². The highest BCUT2D eigenvalue weighted by Crippen LogP contribution is 2.26. The molecule has 2 nitrogen and oxygen atoms in total. The molecule has 1 aliphatic rings. The van der Waals surface area contributed by atoms with Gasteiger partial charge in [0, 0.05) is 18.0 Å². The number of likely N-dealkylation sites (tertiary alicyclic amines) is 1. The van der Waals surface area contributed by atoms with Crippen molar-refractivity contribution < 1.29 is 4.79 Å². The SMILES string of the molecule is CC1CCC(C)C(=O)N(C(C)(C)C)C1. The van der Waals surface area contributed by atoms with E-state index in [0.29, 0.717) is 11.8 Å². The normalized spacial score (nSPS) is 30.4. The van der Waals surface area contributed by atoms with Crippen molar-refractivity contribution in [3.05, 3.63) is 0 Å². The van der Waals surface area contributed by atoms with Crippen molar-refractivity contribution in [3.8, 4) is 0 Å². The molecule has 1 saturated heterocycles. The Bertz CT molecular complexity index is 217. The molecule has 0 aromatic carbocycles. The highest BCUT2D eigenvalue weighted by molar-refractivity contribution is 5.79. The topological polar surface area (TPSA) is 20.3 Å². The predicted molar refractivity (Wildman–Crippen MR) is 59.0 cm³/mol. The summed E-state index contributed by atoms with van der Waals surface area (Å²) in [7, 11) is 0. The van der Waals surface area contributed by atoms with Gasteiger partial charge < -0.3 is 4.90 Å². The van der Waals surface area contributed by atoms with Gasteiger partial charge in [-0.3, -0.25) is 4.79 Å². The van der Waals surface area contributed by atoms with Gasteiger partial charge in [0.1, 0.15) is 0 Å². The van der Waals surface area contributed by atoms with Gasteiger partial charge in [0.2, 0.25) is 5.91 Å². The Kier molecular flexibility index (Phi) is 3.23. The fourth-order valence-corrected chi connectivity index (χ4v) is 2.02. The van der Waals surface area contributed by atoms with Gasteiger partial charge in [-0.15, -0.1) is 0 Å². The van der Waals surface area contributed by atoms with Crippen LogP contribution in [0.1, 0.15) is 47.5 Å². The summed E-state index contributed by atoms with van der Waals surface area (Å²) in [4.78, 5) is 14.1. The molecule has 1 heterocycles. The maximum Gasteiger partial charge on any atom is 0.225 e. The van der Waals surface area contributed by atoms with Crippen LogP contribution in [0.15, 0.2) is 0 Å². The van der Waals surface area contributed by atoms with Crippen LogP contribution in [0.4, 0.5) is 0 Å². The number of carbonyl (C=O) groups excluding carboxylic acids is 1. The maximum atomic E-state index is 12.1. The van der Waals surface area contributed by atoms with Gasteiger partial charge in [0.15, 0.2) is 0 Å². The molecule has 0 radical (unpaired) electrons. The standard InChI is InChI=1S/C12H23NO/c1-9-6-7-10(2)11(14)13(8-9)12(3,4)5/h9-10H,6-8H2,1-5H3. The van der Waals surface area contributed by atoms with Crippen LogP contribution in [0.2, 0.25) is 0 Å². The fraction of sp³-hybridized carbons (Fsp3) is 0.917. The zero-order chi connectivity index (χ0) is 10.9. The third-order valence-corrected chi connectivity index (χ3v) is 3.08. The van der Waals surface area contributed by atoms with E-state index in [9.17, 15) is 4.79 Å². The third-order valence-electron chi connectivity index (χ3n) is 3.08. The van der Waals surface area contributed by atoms with Crippen LogP contribution in [0.5, 0.6) is 0 Å². The predicted octanol–water partition coefficient (Wildman–Crippen LogP) is 2.68. The van der Waals surface area contributed by atoms with E-state index in [1.807, 2.05) is 0 Å². The number of rotatable bonds is 0. The number of hydrogen-bond acceptors (Lipinski definition) is 1. The van der Waals surface area contributed by atoms with Crippen LogP contribution in [0.3, 0.4) is 0 Å². The van der Waals surface area contributed by atoms with Gasteiger partial charge in [-0.1, -0.05) is 13.8 Å². The molecule has 0 aliphatic carbocycles. The molecule has 82 valence electrons. The van der Waals surface area contributed by atoms with Crippen LogP contribution >= 0.6 is 0 Å². The van der Waals surface area contributed by atoms with Crippen molar-refractivity contribution in [1.82, 2.24) is 4.90 Å². The summed E-state index contributed by atoms with van der Waals surface area (Å²) in [5.41, 5.74) is -0.0239. The second-order valence-corrected chi connectivity index (χ2v) is 5.70. The van der Waals surface area contributed by atoms with Gasteiger partial charge >= 0.3 is 0 Å². The minimum absolute atomic E-state index is 0.0239. The van der Waals surface area contributed by atoms with Gasteiger partial charge in [-0.2, -0.15) is 0 Å². The highest BCUT2D eigenvalue weighted by atomic mass is 16.2. The lowest BCUT2D eigenvalue weighted by molar-refractivity contribution is -0.139. The molecule has 0 saturated carbocycles. The lowest BCUT2D eigenvalue weighted by atomic mass is 10.0. The fourth-order valence-electron chi connectivity index (χ4n) is 2.02. The highest BCUT2D eigenvalue weighted by Gasteiger charge is 2.33. The van der Waals surface area contributed by atoms with Crippen LogP contribution in [-0.4, -0.2) is 22.9 Å². The minimum Gasteiger partial charge on any atom is -0.337 e. The van der Waals surface area contributed by atoms with Gasteiger partial charge in [0.05, 0.1) is 0 Å². The molecule has 0 aromatic heterocycles. The van der Waals surface area contributed by atoms with E-state index in [1.165, 1.54) is 6.42 Å². The molecule has 1 fully saturated rings. The average Bonchev–Trinajstić information content (AvgIpc) is 2.17. The van der Waals surface area contributed by atoms with Gasteiger partial charge in [-0.05, 0) is 39.5 Å². The third kappa shape index (κ3) is 2.49. The van der Waals surface area contributed by atoms with Crippen molar-refractivity contribution in [2.24, 2.45) is 11.8 Å².